The van der Waals surface area contributed by atoms with Crippen LogP contribution in [0.1, 0.15) is 24.3 Å². The van der Waals surface area contributed by atoms with Gasteiger partial charge in [0, 0.05) is 29.9 Å². The fourth-order valence-electron chi connectivity index (χ4n) is 1.96. The highest BCUT2D eigenvalue weighted by atomic mass is 32.1. The van der Waals surface area contributed by atoms with Crippen molar-refractivity contribution in [3.63, 3.8) is 0 Å². The quantitative estimate of drug-likeness (QED) is 0.871. The minimum Gasteiger partial charge on any atom is -0.380 e. The van der Waals surface area contributed by atoms with Gasteiger partial charge in [0.15, 0.2) is 5.13 Å². The normalized spacial score (nSPS) is 10.6. The second kappa shape index (κ2) is 6.70. The Kier molecular flexibility index (Phi) is 4.95. The van der Waals surface area contributed by atoms with E-state index in [2.05, 4.69) is 29.0 Å². The molecular formula is C15H20FN3S. The summed E-state index contributed by atoms with van der Waals surface area (Å²) in [4.78, 5) is 7.85. The van der Waals surface area contributed by atoms with E-state index in [9.17, 15) is 4.39 Å². The molecule has 0 atom stereocenters. The summed E-state index contributed by atoms with van der Waals surface area (Å²) in [6.45, 7) is 8.67. The summed E-state index contributed by atoms with van der Waals surface area (Å²) < 4.78 is 13.2. The van der Waals surface area contributed by atoms with E-state index in [1.165, 1.54) is 10.9 Å². The van der Waals surface area contributed by atoms with Gasteiger partial charge >= 0.3 is 0 Å². The minimum atomic E-state index is -0.169. The second-order valence-corrected chi connectivity index (χ2v) is 5.69. The Bertz CT molecular complexity index is 564. The average Bonchev–Trinajstić information content (AvgIpc) is 2.90. The summed E-state index contributed by atoms with van der Waals surface area (Å²) in [5, 5.41) is 4.36. The predicted molar refractivity (Wildman–Crippen MR) is 84.1 cm³/mol. The number of nitrogens with zero attached hydrogens (tertiary/aromatic N) is 2. The third-order valence-corrected chi connectivity index (χ3v) is 4.26. The molecule has 0 saturated carbocycles. The van der Waals surface area contributed by atoms with Crippen molar-refractivity contribution in [1.29, 1.82) is 0 Å². The molecule has 5 heteroatoms. The van der Waals surface area contributed by atoms with Gasteiger partial charge in [0.1, 0.15) is 5.82 Å². The van der Waals surface area contributed by atoms with Crippen molar-refractivity contribution in [2.24, 2.45) is 0 Å². The lowest BCUT2D eigenvalue weighted by Gasteiger charge is -2.16. The second-order valence-electron chi connectivity index (χ2n) is 4.60. The van der Waals surface area contributed by atoms with Gasteiger partial charge in [-0.3, -0.25) is 0 Å². The van der Waals surface area contributed by atoms with Gasteiger partial charge in [-0.2, -0.15) is 0 Å². The molecule has 1 aromatic heterocycles. The number of anilines is 2. The zero-order valence-electron chi connectivity index (χ0n) is 12.1. The molecule has 20 heavy (non-hydrogen) atoms. The molecule has 2 rings (SSSR count). The smallest absolute Gasteiger partial charge is 0.185 e. The molecule has 0 aliphatic rings. The lowest BCUT2D eigenvalue weighted by molar-refractivity contribution is 0.618. The third kappa shape index (κ3) is 3.48. The van der Waals surface area contributed by atoms with Gasteiger partial charge in [0.05, 0.1) is 6.54 Å². The molecule has 3 nitrogen and oxygen atoms in total. The number of rotatable bonds is 6. The Labute approximate surface area is 123 Å². The topological polar surface area (TPSA) is 28.2 Å². The molecule has 0 amide bonds. The van der Waals surface area contributed by atoms with Gasteiger partial charge in [0.2, 0.25) is 0 Å². The number of nitrogens with one attached hydrogen (secondary N) is 1. The maximum absolute atomic E-state index is 13.2. The van der Waals surface area contributed by atoms with Crippen LogP contribution >= 0.6 is 11.3 Å². The molecular weight excluding hydrogens is 273 g/mol. The Hall–Kier alpha value is -1.62. The van der Waals surface area contributed by atoms with Crippen LogP contribution in [0.3, 0.4) is 0 Å². The highest BCUT2D eigenvalue weighted by Gasteiger charge is 2.07. The van der Waals surface area contributed by atoms with Crippen LogP contribution in [0, 0.1) is 12.7 Å². The Morgan fingerprint density at radius 3 is 2.70 bits per heavy atom. The van der Waals surface area contributed by atoms with Crippen molar-refractivity contribution in [3.05, 3.63) is 40.7 Å². The fraction of sp³-hybridized carbons (Fsp3) is 0.400. The van der Waals surface area contributed by atoms with Gasteiger partial charge in [-0.05, 0) is 44.5 Å². The van der Waals surface area contributed by atoms with Gasteiger partial charge in [0.25, 0.3) is 0 Å². The summed E-state index contributed by atoms with van der Waals surface area (Å²) in [5.41, 5.74) is 1.59. The van der Waals surface area contributed by atoms with Gasteiger partial charge in [-0.1, -0.05) is 0 Å². The first-order valence-electron chi connectivity index (χ1n) is 6.83. The van der Waals surface area contributed by atoms with Crippen molar-refractivity contribution < 1.29 is 4.39 Å². The fourth-order valence-corrected chi connectivity index (χ4v) is 2.94. The predicted octanol–water partition coefficient (Wildman–Crippen LogP) is 4.05. The first-order chi connectivity index (χ1) is 9.63. The highest BCUT2D eigenvalue weighted by molar-refractivity contribution is 7.15. The molecule has 0 bridgehead atoms. The summed E-state index contributed by atoms with van der Waals surface area (Å²) in [7, 11) is 0. The molecule has 0 fully saturated rings. The molecule has 1 N–H and O–H groups in total. The molecule has 108 valence electrons. The lowest BCUT2D eigenvalue weighted by atomic mass is 10.2. The summed E-state index contributed by atoms with van der Waals surface area (Å²) in [6.07, 6.45) is 1.90. The molecule has 1 aromatic carbocycles. The van der Waals surface area contributed by atoms with Crippen LogP contribution in [0.5, 0.6) is 0 Å². The number of benzene rings is 1. The van der Waals surface area contributed by atoms with E-state index < -0.39 is 0 Å². The number of aryl methyl sites for hydroxylation is 1. The van der Waals surface area contributed by atoms with Crippen molar-refractivity contribution in [2.45, 2.75) is 27.3 Å². The van der Waals surface area contributed by atoms with Crippen LogP contribution < -0.4 is 10.2 Å². The highest BCUT2D eigenvalue weighted by Crippen LogP contribution is 2.23. The summed E-state index contributed by atoms with van der Waals surface area (Å²) >= 11 is 1.69. The van der Waals surface area contributed by atoms with Crippen molar-refractivity contribution in [1.82, 2.24) is 4.98 Å². The molecule has 2 aromatic rings. The Morgan fingerprint density at radius 2 is 2.05 bits per heavy atom. The Morgan fingerprint density at radius 1 is 1.30 bits per heavy atom. The maximum atomic E-state index is 13.2. The largest absolute Gasteiger partial charge is 0.380 e. The van der Waals surface area contributed by atoms with E-state index in [0.717, 1.165) is 23.9 Å². The van der Waals surface area contributed by atoms with Gasteiger partial charge < -0.3 is 10.2 Å². The van der Waals surface area contributed by atoms with Gasteiger partial charge in [-0.25, -0.2) is 9.37 Å². The number of halogens is 1. The molecule has 0 radical (unpaired) electrons. The van der Waals surface area contributed by atoms with Crippen LogP contribution in [0.25, 0.3) is 0 Å². The monoisotopic (exact) mass is 293 g/mol. The first-order valence-corrected chi connectivity index (χ1v) is 7.65. The van der Waals surface area contributed by atoms with E-state index in [4.69, 9.17) is 0 Å². The summed E-state index contributed by atoms with van der Waals surface area (Å²) in [5.74, 6) is -0.169. The minimum absolute atomic E-state index is 0.169. The van der Waals surface area contributed by atoms with Crippen LogP contribution in [-0.2, 0) is 6.54 Å². The zero-order chi connectivity index (χ0) is 14.5. The van der Waals surface area contributed by atoms with E-state index in [-0.39, 0.29) is 5.82 Å². The average molecular weight is 293 g/mol. The maximum Gasteiger partial charge on any atom is 0.185 e. The van der Waals surface area contributed by atoms with E-state index in [1.807, 2.05) is 12.3 Å². The molecule has 0 aliphatic heterocycles. The SMILES string of the molecule is CCN(CC)c1ncc(CNc2ccc(F)c(C)c2)s1. The number of hydrogen-bond acceptors (Lipinski definition) is 4. The lowest BCUT2D eigenvalue weighted by Crippen LogP contribution is -2.21. The van der Waals surface area contributed by atoms with Crippen LogP contribution in [0.15, 0.2) is 24.4 Å². The van der Waals surface area contributed by atoms with Crippen LogP contribution in [-0.4, -0.2) is 18.1 Å². The molecule has 1 heterocycles. The zero-order valence-corrected chi connectivity index (χ0v) is 12.9. The van der Waals surface area contributed by atoms with Gasteiger partial charge in [-0.15, -0.1) is 11.3 Å². The Balaban J connectivity index is 1.98. The van der Waals surface area contributed by atoms with Crippen LogP contribution in [0.2, 0.25) is 0 Å². The number of aromatic nitrogens is 1. The summed E-state index contributed by atoms with van der Waals surface area (Å²) in [6, 6.07) is 5.07. The first kappa shape index (κ1) is 14.8. The molecule has 0 aliphatic carbocycles. The van der Waals surface area contributed by atoms with Crippen LogP contribution in [0.4, 0.5) is 15.2 Å². The van der Waals surface area contributed by atoms with E-state index >= 15 is 0 Å². The van der Waals surface area contributed by atoms with E-state index in [0.29, 0.717) is 12.1 Å². The standard InChI is InChI=1S/C15H20FN3S/c1-4-19(5-2)15-18-10-13(20-15)9-17-12-6-7-14(16)11(3)8-12/h6-8,10,17H,4-5,9H2,1-3H3. The number of thiazole rings is 1. The van der Waals surface area contributed by atoms with Crippen molar-refractivity contribution >= 4 is 22.2 Å². The van der Waals surface area contributed by atoms with Crippen molar-refractivity contribution in [3.8, 4) is 0 Å². The molecule has 0 unspecified atom stereocenters. The molecule has 0 spiro atoms. The van der Waals surface area contributed by atoms with E-state index in [1.54, 1.807) is 24.3 Å². The molecule has 0 saturated heterocycles. The number of hydrogen-bond donors (Lipinski definition) is 1. The van der Waals surface area contributed by atoms with Crippen molar-refractivity contribution in [2.75, 3.05) is 23.3 Å². The third-order valence-electron chi connectivity index (χ3n) is 3.20.